The standard InChI is InChI=1S/C25H28N2O3/c1-4-14-27-15-12-20(23(18-27)25(28)30-16-5-2)8-6-7-19-11-13-26-24-10-9-21(29-3)17-22(19)24/h1-2,9-11,13,17,20,23H,6-8,12,14-16,18H2,3H3/t20-,23+/m1/s1. The summed E-state index contributed by atoms with van der Waals surface area (Å²) in [6, 6.07) is 8.01. The zero-order chi connectivity index (χ0) is 21.3. The highest BCUT2D eigenvalue weighted by molar-refractivity contribution is 5.83. The number of nitrogens with zero attached hydrogens (tertiary/aromatic N) is 2. The largest absolute Gasteiger partial charge is 0.497 e. The van der Waals surface area contributed by atoms with E-state index in [4.69, 9.17) is 22.3 Å². The number of terminal acetylenes is 2. The van der Waals surface area contributed by atoms with E-state index in [1.807, 2.05) is 24.4 Å². The smallest absolute Gasteiger partial charge is 0.311 e. The first-order valence-corrected chi connectivity index (χ1v) is 10.3. The number of rotatable bonds is 8. The number of hydrogen-bond acceptors (Lipinski definition) is 5. The van der Waals surface area contributed by atoms with Crippen molar-refractivity contribution in [1.82, 2.24) is 9.88 Å². The number of piperidine rings is 1. The van der Waals surface area contributed by atoms with Gasteiger partial charge >= 0.3 is 5.97 Å². The Morgan fingerprint density at radius 2 is 2.17 bits per heavy atom. The molecule has 1 aliphatic heterocycles. The van der Waals surface area contributed by atoms with Crippen molar-refractivity contribution in [3.63, 3.8) is 0 Å². The van der Waals surface area contributed by atoms with Gasteiger partial charge in [-0.3, -0.25) is 14.7 Å². The molecular weight excluding hydrogens is 376 g/mol. The number of pyridine rings is 1. The average Bonchev–Trinajstić information content (AvgIpc) is 2.78. The molecule has 2 atom stereocenters. The maximum atomic E-state index is 12.6. The van der Waals surface area contributed by atoms with Crippen LogP contribution in [-0.4, -0.2) is 49.2 Å². The summed E-state index contributed by atoms with van der Waals surface area (Å²) in [5.74, 6) is 5.75. The fraction of sp³-hybridized carbons (Fsp3) is 0.440. The van der Waals surface area contributed by atoms with Crippen LogP contribution in [0.3, 0.4) is 0 Å². The Balaban J connectivity index is 1.66. The van der Waals surface area contributed by atoms with E-state index in [0.29, 0.717) is 13.1 Å². The first kappa shape index (κ1) is 21.7. The van der Waals surface area contributed by atoms with Crippen molar-refractivity contribution in [1.29, 1.82) is 0 Å². The topological polar surface area (TPSA) is 51.7 Å². The van der Waals surface area contributed by atoms with Crippen molar-refractivity contribution in [3.8, 4) is 30.4 Å². The van der Waals surface area contributed by atoms with Crippen molar-refractivity contribution in [2.45, 2.75) is 25.7 Å². The predicted octanol–water partition coefficient (Wildman–Crippen LogP) is 3.31. The molecule has 1 aromatic carbocycles. The lowest BCUT2D eigenvalue weighted by atomic mass is 9.81. The minimum absolute atomic E-state index is 0.0159. The van der Waals surface area contributed by atoms with Gasteiger partial charge in [-0.1, -0.05) is 11.8 Å². The Bertz CT molecular complexity index is 957. The summed E-state index contributed by atoms with van der Waals surface area (Å²) in [5.41, 5.74) is 2.21. The maximum absolute atomic E-state index is 12.6. The first-order chi connectivity index (χ1) is 14.7. The van der Waals surface area contributed by atoms with E-state index in [0.717, 1.165) is 48.9 Å². The van der Waals surface area contributed by atoms with Crippen LogP contribution in [0.5, 0.6) is 5.75 Å². The molecule has 0 bridgehead atoms. The quantitative estimate of drug-likeness (QED) is 0.499. The van der Waals surface area contributed by atoms with E-state index >= 15 is 0 Å². The summed E-state index contributed by atoms with van der Waals surface area (Å²) in [4.78, 5) is 19.2. The predicted molar refractivity (Wildman–Crippen MR) is 118 cm³/mol. The number of aryl methyl sites for hydroxylation is 1. The number of aromatic nitrogens is 1. The Hall–Kier alpha value is -3.02. The normalized spacial score (nSPS) is 19.0. The van der Waals surface area contributed by atoms with Gasteiger partial charge in [-0.15, -0.1) is 12.8 Å². The fourth-order valence-corrected chi connectivity index (χ4v) is 4.26. The van der Waals surface area contributed by atoms with E-state index in [1.54, 1.807) is 7.11 Å². The van der Waals surface area contributed by atoms with Crippen LogP contribution in [0.4, 0.5) is 0 Å². The van der Waals surface area contributed by atoms with Crippen LogP contribution in [-0.2, 0) is 16.0 Å². The van der Waals surface area contributed by atoms with E-state index in [-0.39, 0.29) is 24.4 Å². The summed E-state index contributed by atoms with van der Waals surface area (Å²) in [5, 5.41) is 1.12. The summed E-state index contributed by atoms with van der Waals surface area (Å²) in [7, 11) is 1.67. The molecule has 0 unspecified atom stereocenters. The van der Waals surface area contributed by atoms with Crippen molar-refractivity contribution in [3.05, 3.63) is 36.0 Å². The summed E-state index contributed by atoms with van der Waals surface area (Å²) >= 11 is 0. The Morgan fingerprint density at radius 3 is 2.93 bits per heavy atom. The molecule has 0 spiro atoms. The van der Waals surface area contributed by atoms with Crippen molar-refractivity contribution < 1.29 is 14.3 Å². The molecule has 1 saturated heterocycles. The first-order valence-electron chi connectivity index (χ1n) is 10.3. The molecule has 0 radical (unpaired) electrons. The number of carbonyl (C=O) groups excluding carboxylic acids is 1. The minimum Gasteiger partial charge on any atom is -0.497 e. The zero-order valence-electron chi connectivity index (χ0n) is 17.5. The Morgan fingerprint density at radius 1 is 1.30 bits per heavy atom. The van der Waals surface area contributed by atoms with Crippen LogP contribution >= 0.6 is 0 Å². The third kappa shape index (κ3) is 5.32. The number of methoxy groups -OCH3 is 1. The summed E-state index contributed by atoms with van der Waals surface area (Å²) < 4.78 is 10.6. The minimum atomic E-state index is -0.209. The average molecular weight is 405 g/mol. The van der Waals surface area contributed by atoms with E-state index in [2.05, 4.69) is 27.8 Å². The number of ether oxygens (including phenoxy) is 2. The van der Waals surface area contributed by atoms with Gasteiger partial charge in [0.25, 0.3) is 0 Å². The van der Waals surface area contributed by atoms with E-state index in [1.165, 1.54) is 5.56 Å². The number of esters is 1. The van der Waals surface area contributed by atoms with Gasteiger partial charge in [-0.2, -0.15) is 0 Å². The monoisotopic (exact) mass is 404 g/mol. The molecule has 0 amide bonds. The van der Waals surface area contributed by atoms with Crippen molar-refractivity contribution >= 4 is 16.9 Å². The third-order valence-corrected chi connectivity index (χ3v) is 5.82. The second-order valence-corrected chi connectivity index (χ2v) is 7.65. The molecule has 5 heteroatoms. The van der Waals surface area contributed by atoms with Crippen LogP contribution in [0.25, 0.3) is 10.9 Å². The fourth-order valence-electron chi connectivity index (χ4n) is 4.26. The van der Waals surface area contributed by atoms with Crippen molar-refractivity contribution in [2.24, 2.45) is 11.8 Å². The van der Waals surface area contributed by atoms with E-state index < -0.39 is 0 Å². The van der Waals surface area contributed by atoms with Gasteiger partial charge in [-0.05, 0) is 68.0 Å². The van der Waals surface area contributed by atoms with Gasteiger partial charge in [0.1, 0.15) is 5.75 Å². The molecule has 1 aromatic heterocycles. The Labute approximate surface area is 178 Å². The van der Waals surface area contributed by atoms with Crippen LogP contribution in [0, 0.1) is 36.5 Å². The lowest BCUT2D eigenvalue weighted by Crippen LogP contribution is -2.44. The van der Waals surface area contributed by atoms with Gasteiger partial charge in [0, 0.05) is 18.1 Å². The second kappa shape index (κ2) is 10.7. The van der Waals surface area contributed by atoms with Crippen LogP contribution in [0.2, 0.25) is 0 Å². The van der Waals surface area contributed by atoms with E-state index in [9.17, 15) is 4.79 Å². The molecule has 0 aliphatic carbocycles. The number of hydrogen-bond donors (Lipinski definition) is 0. The van der Waals surface area contributed by atoms with Crippen LogP contribution in [0.15, 0.2) is 30.5 Å². The maximum Gasteiger partial charge on any atom is 0.311 e. The molecule has 1 fully saturated rings. The summed E-state index contributed by atoms with van der Waals surface area (Å²) in [6.45, 7) is 2.11. The molecule has 156 valence electrons. The molecular formula is C25H28N2O3. The molecule has 5 nitrogen and oxygen atoms in total. The van der Waals surface area contributed by atoms with Gasteiger partial charge in [0.05, 0.1) is 25.1 Å². The lowest BCUT2D eigenvalue weighted by molar-refractivity contribution is -0.151. The van der Waals surface area contributed by atoms with Crippen LogP contribution < -0.4 is 4.74 Å². The van der Waals surface area contributed by atoms with Gasteiger partial charge in [0.2, 0.25) is 0 Å². The lowest BCUT2D eigenvalue weighted by Gasteiger charge is -2.36. The highest BCUT2D eigenvalue weighted by Crippen LogP contribution is 2.30. The van der Waals surface area contributed by atoms with Crippen LogP contribution in [0.1, 0.15) is 24.8 Å². The number of benzene rings is 1. The van der Waals surface area contributed by atoms with Gasteiger partial charge < -0.3 is 9.47 Å². The summed E-state index contributed by atoms with van der Waals surface area (Å²) in [6.07, 6.45) is 16.3. The SMILES string of the molecule is C#CCOC(=O)[C@H]1CN(CC#C)CC[C@H]1CCCc1ccnc2ccc(OC)cc12. The number of fused-ring (bicyclic) bond motifs is 1. The Kier molecular flexibility index (Phi) is 7.71. The molecule has 30 heavy (non-hydrogen) atoms. The number of carbonyl (C=O) groups is 1. The number of likely N-dealkylation sites (tertiary alicyclic amines) is 1. The highest BCUT2D eigenvalue weighted by Gasteiger charge is 2.34. The molecule has 1 aliphatic rings. The van der Waals surface area contributed by atoms with Crippen molar-refractivity contribution in [2.75, 3.05) is 33.4 Å². The van der Waals surface area contributed by atoms with Gasteiger partial charge in [-0.25, -0.2) is 0 Å². The molecule has 3 rings (SSSR count). The molecule has 0 N–H and O–H groups in total. The highest BCUT2D eigenvalue weighted by atomic mass is 16.5. The van der Waals surface area contributed by atoms with Gasteiger partial charge in [0.15, 0.2) is 6.61 Å². The zero-order valence-corrected chi connectivity index (χ0v) is 17.5. The molecule has 2 aromatic rings. The third-order valence-electron chi connectivity index (χ3n) is 5.82. The molecule has 2 heterocycles. The molecule has 0 saturated carbocycles. The second-order valence-electron chi connectivity index (χ2n) is 7.65.